The Morgan fingerprint density at radius 2 is 1.84 bits per heavy atom. The lowest BCUT2D eigenvalue weighted by molar-refractivity contribution is 0.388. The molecule has 4 heterocycles. The predicted octanol–water partition coefficient (Wildman–Crippen LogP) is 5.31. The number of aryl methyl sites for hydroxylation is 1. The van der Waals surface area contributed by atoms with Crippen molar-refractivity contribution in [3.63, 3.8) is 0 Å². The normalized spacial score (nSPS) is 12.2. The molecular formula is C25H18ClF2N5O4. The summed E-state index contributed by atoms with van der Waals surface area (Å²) in [6, 6.07) is 7.96. The number of aromatic amines is 1. The molecule has 0 fully saturated rings. The first-order valence-electron chi connectivity index (χ1n) is 11.0. The van der Waals surface area contributed by atoms with E-state index in [4.69, 9.17) is 16.0 Å². The van der Waals surface area contributed by atoms with Crippen LogP contribution in [0.1, 0.15) is 29.7 Å². The number of pyridine rings is 2. The summed E-state index contributed by atoms with van der Waals surface area (Å²) in [5.41, 5.74) is 1.49. The van der Waals surface area contributed by atoms with Crippen LogP contribution in [0.5, 0.6) is 0 Å². The number of anilines is 1. The Hall–Kier alpha value is -4.38. The molecule has 0 aliphatic carbocycles. The maximum Gasteiger partial charge on any atom is 0.439 e. The topological polar surface area (TPSA) is 127 Å². The van der Waals surface area contributed by atoms with Crippen LogP contribution in [0.15, 0.2) is 54.9 Å². The van der Waals surface area contributed by atoms with E-state index in [1.165, 1.54) is 6.92 Å². The van der Waals surface area contributed by atoms with E-state index < -0.39 is 34.7 Å². The van der Waals surface area contributed by atoms with E-state index in [0.717, 1.165) is 17.7 Å². The summed E-state index contributed by atoms with van der Waals surface area (Å²) in [6.07, 6.45) is 0. The minimum atomic E-state index is -0.911. The molecule has 2 N–H and O–H groups in total. The second-order valence-electron chi connectivity index (χ2n) is 8.42. The van der Waals surface area contributed by atoms with Crippen molar-refractivity contribution in [2.75, 3.05) is 5.32 Å². The standard InChI is InChI=1S/C25H18ClF2N5O4/c1-10-8-13(12(3)29-16-5-6-17(26)30-20(16)24-32-25(35)37-33-24)23-14(9-10)21(34)11(2)22(36-23)19-15(27)4-7-18(28)31-19/h4-9,12,29H,1-3H3,(H,32,33,35). The molecule has 0 saturated carbocycles. The Morgan fingerprint density at radius 1 is 1.05 bits per heavy atom. The summed E-state index contributed by atoms with van der Waals surface area (Å²) in [4.78, 5) is 35.0. The molecule has 0 spiro atoms. The molecule has 0 bridgehead atoms. The van der Waals surface area contributed by atoms with Gasteiger partial charge in [-0.05, 0) is 56.7 Å². The largest absolute Gasteiger partial charge is 0.453 e. The lowest BCUT2D eigenvalue weighted by Gasteiger charge is -2.20. The molecule has 1 atom stereocenters. The van der Waals surface area contributed by atoms with Crippen LogP contribution in [0.4, 0.5) is 14.5 Å². The average Bonchev–Trinajstić information content (AvgIpc) is 3.30. The highest BCUT2D eigenvalue weighted by atomic mass is 35.5. The Labute approximate surface area is 212 Å². The zero-order chi connectivity index (χ0) is 26.4. The van der Waals surface area contributed by atoms with E-state index in [0.29, 0.717) is 11.3 Å². The molecular weight excluding hydrogens is 508 g/mol. The summed E-state index contributed by atoms with van der Waals surface area (Å²) in [7, 11) is 0. The monoisotopic (exact) mass is 525 g/mol. The quantitative estimate of drug-likeness (QED) is 0.295. The zero-order valence-corrected chi connectivity index (χ0v) is 20.4. The van der Waals surface area contributed by atoms with E-state index in [1.54, 1.807) is 31.2 Å². The van der Waals surface area contributed by atoms with Crippen molar-refractivity contribution >= 4 is 28.3 Å². The minimum Gasteiger partial charge on any atom is -0.453 e. The van der Waals surface area contributed by atoms with Gasteiger partial charge in [0.1, 0.15) is 22.1 Å². The molecule has 188 valence electrons. The smallest absolute Gasteiger partial charge is 0.439 e. The van der Waals surface area contributed by atoms with Crippen LogP contribution in [-0.2, 0) is 0 Å². The minimum absolute atomic E-state index is 0.0633. The summed E-state index contributed by atoms with van der Waals surface area (Å²) in [6.45, 7) is 5.10. The Balaban J connectivity index is 1.67. The number of hydrogen-bond acceptors (Lipinski definition) is 8. The number of aromatic nitrogens is 4. The number of halogens is 3. The highest BCUT2D eigenvalue weighted by molar-refractivity contribution is 6.29. The first-order valence-corrected chi connectivity index (χ1v) is 11.4. The van der Waals surface area contributed by atoms with Gasteiger partial charge in [-0.2, -0.15) is 4.39 Å². The van der Waals surface area contributed by atoms with Crippen molar-refractivity contribution in [3.8, 4) is 23.0 Å². The maximum absolute atomic E-state index is 14.6. The number of nitrogens with one attached hydrogen (secondary N) is 2. The molecule has 12 heteroatoms. The van der Waals surface area contributed by atoms with Gasteiger partial charge in [-0.1, -0.05) is 22.8 Å². The molecule has 0 aliphatic heterocycles. The molecule has 0 aliphatic rings. The van der Waals surface area contributed by atoms with Crippen molar-refractivity contribution in [1.29, 1.82) is 0 Å². The zero-order valence-electron chi connectivity index (χ0n) is 19.6. The fraction of sp³-hybridized carbons (Fsp3) is 0.160. The molecule has 4 aromatic heterocycles. The highest BCUT2D eigenvalue weighted by Gasteiger charge is 2.23. The Morgan fingerprint density at radius 3 is 2.57 bits per heavy atom. The molecule has 0 amide bonds. The van der Waals surface area contributed by atoms with Gasteiger partial charge in [0.15, 0.2) is 17.0 Å². The van der Waals surface area contributed by atoms with Crippen molar-refractivity contribution in [2.24, 2.45) is 0 Å². The molecule has 5 aromatic rings. The van der Waals surface area contributed by atoms with Crippen molar-refractivity contribution < 1.29 is 17.7 Å². The SMILES string of the molecule is Cc1cc(C(C)Nc2ccc(Cl)nc2-c2noc(=O)[nH]2)c2oc(-c3nc(F)ccc3F)c(C)c(=O)c2c1. The molecule has 9 nitrogen and oxygen atoms in total. The molecule has 0 radical (unpaired) electrons. The van der Waals surface area contributed by atoms with Gasteiger partial charge in [-0.25, -0.2) is 19.2 Å². The van der Waals surface area contributed by atoms with Crippen LogP contribution < -0.4 is 16.5 Å². The van der Waals surface area contributed by atoms with Crippen molar-refractivity contribution in [3.05, 3.63) is 90.8 Å². The van der Waals surface area contributed by atoms with Gasteiger partial charge >= 0.3 is 5.76 Å². The van der Waals surface area contributed by atoms with Gasteiger partial charge < -0.3 is 9.73 Å². The average molecular weight is 526 g/mol. The predicted molar refractivity (Wildman–Crippen MR) is 133 cm³/mol. The third kappa shape index (κ3) is 4.49. The van der Waals surface area contributed by atoms with E-state index >= 15 is 0 Å². The van der Waals surface area contributed by atoms with E-state index in [9.17, 15) is 18.4 Å². The lowest BCUT2D eigenvalue weighted by Crippen LogP contribution is -2.13. The third-order valence-electron chi connectivity index (χ3n) is 5.78. The van der Waals surface area contributed by atoms with Crippen LogP contribution >= 0.6 is 11.6 Å². The number of hydrogen-bond donors (Lipinski definition) is 2. The molecule has 37 heavy (non-hydrogen) atoms. The maximum atomic E-state index is 14.6. The van der Waals surface area contributed by atoms with Crippen LogP contribution in [-0.4, -0.2) is 20.1 Å². The van der Waals surface area contributed by atoms with E-state index in [1.807, 2.05) is 6.92 Å². The van der Waals surface area contributed by atoms with Crippen LogP contribution in [0, 0.1) is 25.6 Å². The molecule has 5 rings (SSSR count). The van der Waals surface area contributed by atoms with Gasteiger partial charge in [-0.15, -0.1) is 0 Å². The molecule has 1 aromatic carbocycles. The number of rotatable bonds is 5. The number of fused-ring (bicyclic) bond motifs is 1. The number of benzene rings is 1. The fourth-order valence-corrected chi connectivity index (χ4v) is 4.22. The van der Waals surface area contributed by atoms with E-state index in [2.05, 4.69) is 29.9 Å². The van der Waals surface area contributed by atoms with Gasteiger partial charge in [0.05, 0.1) is 17.1 Å². The summed E-state index contributed by atoms with van der Waals surface area (Å²) in [5.74, 6) is -2.60. The second kappa shape index (κ2) is 9.25. The summed E-state index contributed by atoms with van der Waals surface area (Å²) >= 11 is 6.06. The van der Waals surface area contributed by atoms with Gasteiger partial charge in [-0.3, -0.25) is 14.3 Å². The third-order valence-corrected chi connectivity index (χ3v) is 5.99. The van der Waals surface area contributed by atoms with Crippen molar-refractivity contribution in [2.45, 2.75) is 26.8 Å². The van der Waals surface area contributed by atoms with Crippen molar-refractivity contribution in [1.82, 2.24) is 20.1 Å². The Bertz CT molecular complexity index is 1800. The Kier molecular flexibility index (Phi) is 6.08. The molecule has 1 unspecified atom stereocenters. The van der Waals surface area contributed by atoms with Gasteiger partial charge in [0.25, 0.3) is 0 Å². The fourth-order valence-electron chi connectivity index (χ4n) is 4.07. The highest BCUT2D eigenvalue weighted by Crippen LogP contribution is 2.34. The van der Waals surface area contributed by atoms with Gasteiger partial charge in [0.2, 0.25) is 11.8 Å². The molecule has 0 saturated heterocycles. The van der Waals surface area contributed by atoms with Crippen LogP contribution in [0.3, 0.4) is 0 Å². The summed E-state index contributed by atoms with van der Waals surface area (Å²) < 4.78 is 39.0. The van der Waals surface area contributed by atoms with Crippen LogP contribution in [0.25, 0.3) is 33.9 Å². The number of H-pyrrole nitrogens is 1. The second-order valence-corrected chi connectivity index (χ2v) is 8.81. The van der Waals surface area contributed by atoms with Gasteiger partial charge in [0, 0.05) is 11.1 Å². The first kappa shape index (κ1) is 24.3. The lowest BCUT2D eigenvalue weighted by atomic mass is 9.99. The van der Waals surface area contributed by atoms with E-state index in [-0.39, 0.29) is 39.0 Å². The van der Waals surface area contributed by atoms with Crippen LogP contribution in [0.2, 0.25) is 5.15 Å². The number of nitrogens with zero attached hydrogens (tertiary/aromatic N) is 3. The first-order chi connectivity index (χ1) is 17.6. The summed E-state index contributed by atoms with van der Waals surface area (Å²) in [5, 5.41) is 7.37.